The number of ketones is 1. The van der Waals surface area contributed by atoms with Crippen molar-refractivity contribution in [1.29, 1.82) is 0 Å². The molecule has 1 aromatic carbocycles. The number of fused-ring (bicyclic) bond motifs is 3. The summed E-state index contributed by atoms with van der Waals surface area (Å²) in [6.45, 7) is 2.83. The van der Waals surface area contributed by atoms with E-state index in [0.717, 1.165) is 53.8 Å². The molecule has 2 aromatic heterocycles. The molecule has 0 atom stereocenters. The van der Waals surface area contributed by atoms with Crippen LogP contribution < -0.4 is 5.32 Å². The molecule has 3 saturated carbocycles. The molecule has 3 aliphatic carbocycles. The van der Waals surface area contributed by atoms with Crippen LogP contribution in [0.1, 0.15) is 65.6 Å². The first-order valence-corrected chi connectivity index (χ1v) is 11.5. The number of nitrogens with zero attached hydrogens (tertiary/aromatic N) is 3. The standard InChI is InChI=1S/C23H26N4O2S/c1-16-26-21(29-27-16)23-8-5-22(6-9-23,7-10-23)15-25-18-4-2-3-17(13-18)19(28)14-20-24-11-12-30-20/h2-4,11-13,25H,5-10,14-15H2,1H3. The summed E-state index contributed by atoms with van der Waals surface area (Å²) in [7, 11) is 0. The molecular formula is C23H26N4O2S. The maximum Gasteiger partial charge on any atom is 0.232 e. The fourth-order valence-corrected chi connectivity index (χ4v) is 5.65. The molecule has 6 nitrogen and oxygen atoms in total. The summed E-state index contributed by atoms with van der Waals surface area (Å²) in [5.74, 6) is 1.68. The van der Waals surface area contributed by atoms with E-state index in [0.29, 0.717) is 11.8 Å². The van der Waals surface area contributed by atoms with Gasteiger partial charge in [-0.3, -0.25) is 4.79 Å². The van der Waals surface area contributed by atoms with Crippen molar-refractivity contribution in [3.63, 3.8) is 0 Å². The van der Waals surface area contributed by atoms with E-state index >= 15 is 0 Å². The van der Waals surface area contributed by atoms with Crippen LogP contribution in [0.15, 0.2) is 40.4 Å². The Bertz CT molecular complexity index is 1020. The predicted molar refractivity (Wildman–Crippen MR) is 116 cm³/mol. The minimum Gasteiger partial charge on any atom is -0.384 e. The van der Waals surface area contributed by atoms with E-state index in [4.69, 9.17) is 4.52 Å². The quantitative estimate of drug-likeness (QED) is 0.542. The molecule has 2 bridgehead atoms. The van der Waals surface area contributed by atoms with Crippen LogP contribution in [0.3, 0.4) is 0 Å². The Morgan fingerprint density at radius 3 is 2.67 bits per heavy atom. The number of hydrogen-bond acceptors (Lipinski definition) is 7. The highest BCUT2D eigenvalue weighted by atomic mass is 32.1. The Labute approximate surface area is 180 Å². The van der Waals surface area contributed by atoms with Gasteiger partial charge in [0.2, 0.25) is 5.89 Å². The molecule has 2 heterocycles. The fraction of sp³-hybridized carbons (Fsp3) is 0.478. The summed E-state index contributed by atoms with van der Waals surface area (Å²) < 4.78 is 5.55. The van der Waals surface area contributed by atoms with E-state index in [1.165, 1.54) is 30.6 Å². The van der Waals surface area contributed by atoms with Gasteiger partial charge in [-0.2, -0.15) is 4.98 Å². The van der Waals surface area contributed by atoms with Crippen LogP contribution >= 0.6 is 11.3 Å². The Kier molecular flexibility index (Phi) is 4.93. The zero-order valence-electron chi connectivity index (χ0n) is 17.2. The topological polar surface area (TPSA) is 80.9 Å². The van der Waals surface area contributed by atoms with Gasteiger partial charge in [0.15, 0.2) is 11.6 Å². The highest BCUT2D eigenvalue weighted by Gasteiger charge is 2.51. The van der Waals surface area contributed by atoms with Gasteiger partial charge in [0.1, 0.15) is 5.01 Å². The van der Waals surface area contributed by atoms with Crippen molar-refractivity contribution in [3.8, 4) is 0 Å². The van der Waals surface area contributed by atoms with Crippen LogP contribution in [-0.2, 0) is 11.8 Å². The summed E-state index contributed by atoms with van der Waals surface area (Å²) in [5.41, 5.74) is 2.16. The number of Topliss-reactive ketones (excluding diaryl/α,β-unsaturated/α-hetero) is 1. The summed E-state index contributed by atoms with van der Waals surface area (Å²) in [6.07, 6.45) is 8.96. The molecule has 3 aliphatic rings. The second-order valence-corrected chi connectivity index (χ2v) is 9.87. The number of aromatic nitrogens is 3. The highest BCUT2D eigenvalue weighted by Crippen LogP contribution is 2.57. The fourth-order valence-electron chi connectivity index (χ4n) is 5.03. The van der Waals surface area contributed by atoms with Crippen LogP contribution in [-0.4, -0.2) is 27.5 Å². The SMILES string of the molecule is Cc1noc(C23CCC(CNc4cccc(C(=O)Cc5nccs5)c4)(CC2)CC3)n1. The highest BCUT2D eigenvalue weighted by molar-refractivity contribution is 7.09. The Balaban J connectivity index is 1.22. The number of rotatable bonds is 7. The third-order valence-corrected chi connectivity index (χ3v) is 7.81. The van der Waals surface area contributed by atoms with E-state index < -0.39 is 0 Å². The lowest BCUT2D eigenvalue weighted by molar-refractivity contribution is 0.0322. The lowest BCUT2D eigenvalue weighted by atomic mass is 9.53. The van der Waals surface area contributed by atoms with Gasteiger partial charge in [-0.25, -0.2) is 4.98 Å². The maximum atomic E-state index is 12.6. The first-order chi connectivity index (χ1) is 14.6. The molecule has 0 aliphatic heterocycles. The number of benzene rings is 1. The second-order valence-electron chi connectivity index (χ2n) is 8.89. The summed E-state index contributed by atoms with van der Waals surface area (Å²) in [6, 6.07) is 7.87. The summed E-state index contributed by atoms with van der Waals surface area (Å²) in [4.78, 5) is 21.4. The van der Waals surface area contributed by atoms with Crippen LogP contribution in [0.25, 0.3) is 0 Å². The minimum absolute atomic E-state index is 0.0885. The molecule has 0 saturated heterocycles. The van der Waals surface area contributed by atoms with E-state index in [2.05, 4.69) is 20.4 Å². The van der Waals surface area contributed by atoms with Crippen molar-refractivity contribution in [2.24, 2.45) is 5.41 Å². The molecule has 7 heteroatoms. The van der Waals surface area contributed by atoms with Crippen LogP contribution in [0.2, 0.25) is 0 Å². The van der Waals surface area contributed by atoms with Gasteiger partial charge in [0.25, 0.3) is 0 Å². The molecule has 0 radical (unpaired) electrons. The van der Waals surface area contributed by atoms with Gasteiger partial charge < -0.3 is 9.84 Å². The average molecular weight is 423 g/mol. The molecular weight excluding hydrogens is 396 g/mol. The second kappa shape index (κ2) is 7.61. The van der Waals surface area contributed by atoms with Crippen LogP contribution in [0.5, 0.6) is 0 Å². The largest absolute Gasteiger partial charge is 0.384 e. The number of nitrogens with one attached hydrogen (secondary N) is 1. The zero-order chi connectivity index (χ0) is 20.6. The smallest absolute Gasteiger partial charge is 0.232 e. The van der Waals surface area contributed by atoms with Gasteiger partial charge in [-0.15, -0.1) is 11.3 Å². The molecule has 30 heavy (non-hydrogen) atoms. The molecule has 6 rings (SSSR count). The lowest BCUT2D eigenvalue weighted by Crippen LogP contribution is -2.47. The Morgan fingerprint density at radius 1 is 1.20 bits per heavy atom. The van der Waals surface area contributed by atoms with Crippen molar-refractivity contribution in [1.82, 2.24) is 15.1 Å². The number of hydrogen-bond donors (Lipinski definition) is 1. The van der Waals surface area contributed by atoms with Crippen molar-refractivity contribution in [3.05, 3.63) is 58.1 Å². The first-order valence-electron chi connectivity index (χ1n) is 10.6. The molecule has 0 unspecified atom stereocenters. The zero-order valence-corrected chi connectivity index (χ0v) is 18.0. The lowest BCUT2D eigenvalue weighted by Gasteiger charge is -2.52. The van der Waals surface area contributed by atoms with Gasteiger partial charge >= 0.3 is 0 Å². The van der Waals surface area contributed by atoms with E-state index in [-0.39, 0.29) is 11.2 Å². The third kappa shape index (κ3) is 3.67. The number of carbonyl (C=O) groups excluding carboxylic acids is 1. The molecule has 3 aromatic rings. The number of aryl methyl sites for hydroxylation is 1. The van der Waals surface area contributed by atoms with Crippen molar-refractivity contribution >= 4 is 22.8 Å². The van der Waals surface area contributed by atoms with Crippen molar-refractivity contribution in [2.45, 2.75) is 57.3 Å². The molecule has 0 spiro atoms. The summed E-state index contributed by atoms with van der Waals surface area (Å²) >= 11 is 1.52. The molecule has 0 amide bonds. The van der Waals surface area contributed by atoms with Crippen LogP contribution in [0, 0.1) is 12.3 Å². The van der Waals surface area contributed by atoms with Gasteiger partial charge in [0.05, 0.1) is 6.42 Å². The first kappa shape index (κ1) is 19.4. The predicted octanol–water partition coefficient (Wildman–Crippen LogP) is 4.96. The normalized spacial score (nSPS) is 25.4. The monoisotopic (exact) mass is 422 g/mol. The minimum atomic E-state index is 0.0885. The van der Waals surface area contributed by atoms with Crippen molar-refractivity contribution in [2.75, 3.05) is 11.9 Å². The average Bonchev–Trinajstić information content (AvgIpc) is 3.46. The maximum absolute atomic E-state index is 12.6. The summed E-state index contributed by atoms with van der Waals surface area (Å²) in [5, 5.41) is 10.4. The van der Waals surface area contributed by atoms with Crippen LogP contribution in [0.4, 0.5) is 5.69 Å². The van der Waals surface area contributed by atoms with E-state index in [9.17, 15) is 4.79 Å². The van der Waals surface area contributed by atoms with Gasteiger partial charge in [-0.1, -0.05) is 17.3 Å². The Morgan fingerprint density at radius 2 is 2.00 bits per heavy atom. The number of thiazole rings is 1. The molecule has 3 fully saturated rings. The Hall–Kier alpha value is -2.54. The van der Waals surface area contributed by atoms with Gasteiger partial charge in [-0.05, 0) is 63.0 Å². The van der Waals surface area contributed by atoms with E-state index in [1.807, 2.05) is 36.6 Å². The third-order valence-electron chi connectivity index (χ3n) is 7.03. The molecule has 1 N–H and O–H groups in total. The van der Waals surface area contributed by atoms with Gasteiger partial charge in [0, 0.05) is 34.8 Å². The number of anilines is 1. The number of carbonyl (C=O) groups is 1. The molecule has 156 valence electrons. The van der Waals surface area contributed by atoms with Crippen molar-refractivity contribution < 1.29 is 9.32 Å². The van der Waals surface area contributed by atoms with E-state index in [1.54, 1.807) is 6.20 Å².